The topological polar surface area (TPSA) is 97.9 Å². The molecule has 2 aliphatic carbocycles. The Labute approximate surface area is 139 Å². The van der Waals surface area contributed by atoms with Crippen LogP contribution in [0.3, 0.4) is 0 Å². The molecule has 1 N–H and O–H groups in total. The van der Waals surface area contributed by atoms with Gasteiger partial charge in [0.15, 0.2) is 0 Å². The largest absolute Gasteiger partial charge is 0.375 e. The molecule has 8 heteroatoms. The van der Waals surface area contributed by atoms with E-state index in [1.807, 2.05) is 6.07 Å². The van der Waals surface area contributed by atoms with Gasteiger partial charge in [-0.15, -0.1) is 0 Å². The SMILES string of the molecule is COCC(=O)Nc1cc(C2CC2)nn1C1=NC(=O)C2CCCC2=N1. The van der Waals surface area contributed by atoms with E-state index in [-0.39, 0.29) is 30.3 Å². The number of aromatic nitrogens is 2. The summed E-state index contributed by atoms with van der Waals surface area (Å²) < 4.78 is 6.32. The van der Waals surface area contributed by atoms with Crippen molar-refractivity contribution in [2.75, 3.05) is 19.0 Å². The smallest absolute Gasteiger partial charge is 0.257 e. The van der Waals surface area contributed by atoms with Crippen LogP contribution in [0.1, 0.15) is 43.7 Å². The number of anilines is 1. The van der Waals surface area contributed by atoms with Crippen molar-refractivity contribution in [2.24, 2.45) is 15.9 Å². The molecule has 0 radical (unpaired) electrons. The van der Waals surface area contributed by atoms with E-state index in [2.05, 4.69) is 20.4 Å². The van der Waals surface area contributed by atoms with E-state index in [1.165, 1.54) is 11.8 Å². The second kappa shape index (κ2) is 5.94. The van der Waals surface area contributed by atoms with Crippen molar-refractivity contribution in [1.29, 1.82) is 0 Å². The molecule has 4 rings (SSSR count). The molecular weight excluding hydrogens is 310 g/mol. The molecule has 8 nitrogen and oxygen atoms in total. The highest BCUT2D eigenvalue weighted by Gasteiger charge is 2.34. The first-order chi connectivity index (χ1) is 11.7. The highest BCUT2D eigenvalue weighted by Crippen LogP contribution is 2.40. The van der Waals surface area contributed by atoms with Crippen molar-refractivity contribution < 1.29 is 14.3 Å². The Bertz CT molecular complexity index is 760. The third-order valence-corrected chi connectivity index (χ3v) is 4.54. The summed E-state index contributed by atoms with van der Waals surface area (Å²) in [7, 11) is 1.46. The third-order valence-electron chi connectivity index (χ3n) is 4.54. The lowest BCUT2D eigenvalue weighted by atomic mass is 10.1. The molecule has 1 aromatic heterocycles. The van der Waals surface area contributed by atoms with Crippen molar-refractivity contribution >= 4 is 29.3 Å². The van der Waals surface area contributed by atoms with Crippen LogP contribution in [0, 0.1) is 5.92 Å². The Morgan fingerprint density at radius 2 is 2.21 bits per heavy atom. The molecule has 2 heterocycles. The maximum Gasteiger partial charge on any atom is 0.257 e. The van der Waals surface area contributed by atoms with Crippen LogP contribution in [0.4, 0.5) is 5.82 Å². The van der Waals surface area contributed by atoms with Crippen LogP contribution in [0.25, 0.3) is 0 Å². The van der Waals surface area contributed by atoms with Gasteiger partial charge in [-0.1, -0.05) is 0 Å². The zero-order valence-electron chi connectivity index (χ0n) is 13.5. The molecule has 0 bridgehead atoms. The molecule has 1 atom stereocenters. The Kier molecular flexibility index (Phi) is 3.76. The van der Waals surface area contributed by atoms with Crippen LogP contribution in [0.5, 0.6) is 0 Å². The van der Waals surface area contributed by atoms with Crippen LogP contribution < -0.4 is 5.32 Å². The van der Waals surface area contributed by atoms with Gasteiger partial charge in [-0.05, 0) is 32.1 Å². The van der Waals surface area contributed by atoms with Gasteiger partial charge in [0, 0.05) is 24.8 Å². The zero-order chi connectivity index (χ0) is 16.7. The first-order valence-corrected chi connectivity index (χ1v) is 8.25. The molecule has 0 spiro atoms. The fraction of sp³-hybridized carbons (Fsp3) is 0.562. The summed E-state index contributed by atoms with van der Waals surface area (Å²) in [5.41, 5.74) is 1.77. The average Bonchev–Trinajstić information content (AvgIpc) is 3.13. The first kappa shape index (κ1) is 15.2. The van der Waals surface area contributed by atoms with Gasteiger partial charge < -0.3 is 10.1 Å². The van der Waals surface area contributed by atoms with Crippen molar-refractivity contribution in [2.45, 2.75) is 38.0 Å². The van der Waals surface area contributed by atoms with Crippen molar-refractivity contribution in [1.82, 2.24) is 9.78 Å². The van der Waals surface area contributed by atoms with Gasteiger partial charge in [0.25, 0.3) is 17.8 Å². The summed E-state index contributed by atoms with van der Waals surface area (Å²) in [5.74, 6) is 0.522. The van der Waals surface area contributed by atoms with E-state index in [9.17, 15) is 9.59 Å². The number of hydrogen-bond donors (Lipinski definition) is 1. The summed E-state index contributed by atoms with van der Waals surface area (Å²) >= 11 is 0. The second-order valence-electron chi connectivity index (χ2n) is 6.42. The Hall–Kier alpha value is -2.35. The lowest BCUT2D eigenvalue weighted by Crippen LogP contribution is -2.29. The number of carbonyl (C=O) groups is 2. The van der Waals surface area contributed by atoms with Gasteiger partial charge in [-0.25, -0.2) is 4.99 Å². The molecule has 1 aromatic rings. The van der Waals surface area contributed by atoms with E-state index in [4.69, 9.17) is 4.74 Å². The summed E-state index contributed by atoms with van der Waals surface area (Å²) in [6, 6.07) is 1.83. The van der Waals surface area contributed by atoms with E-state index in [0.717, 1.165) is 43.5 Å². The third kappa shape index (κ3) is 2.77. The van der Waals surface area contributed by atoms with Crippen molar-refractivity contribution in [3.05, 3.63) is 11.8 Å². The molecule has 2 fully saturated rings. The van der Waals surface area contributed by atoms with E-state index in [0.29, 0.717) is 11.7 Å². The predicted molar refractivity (Wildman–Crippen MR) is 87.3 cm³/mol. The molecule has 126 valence electrons. The standard InChI is InChI=1S/C16H19N5O3/c1-24-8-14(22)18-13-7-12(9-5-6-9)20-21(13)16-17-11-4-2-3-10(11)15(23)19-16/h7,9-10H,2-6,8H2,1H3,(H,18,22). The maximum absolute atomic E-state index is 12.2. The quantitative estimate of drug-likeness (QED) is 0.901. The minimum atomic E-state index is -0.282. The van der Waals surface area contributed by atoms with Crippen molar-refractivity contribution in [3.8, 4) is 0 Å². The van der Waals surface area contributed by atoms with E-state index >= 15 is 0 Å². The number of nitrogens with zero attached hydrogens (tertiary/aromatic N) is 4. The fourth-order valence-corrected chi connectivity index (χ4v) is 3.18. The van der Waals surface area contributed by atoms with Crippen LogP contribution in [-0.4, -0.2) is 47.0 Å². The monoisotopic (exact) mass is 329 g/mol. The van der Waals surface area contributed by atoms with Gasteiger partial charge in [-0.3, -0.25) is 9.59 Å². The minimum absolute atomic E-state index is 0.0497. The Morgan fingerprint density at radius 1 is 1.38 bits per heavy atom. The number of aliphatic imine (C=N–C) groups is 2. The second-order valence-corrected chi connectivity index (χ2v) is 6.42. The first-order valence-electron chi connectivity index (χ1n) is 8.25. The summed E-state index contributed by atoms with van der Waals surface area (Å²) in [6.07, 6.45) is 4.77. The highest BCUT2D eigenvalue weighted by molar-refractivity contribution is 6.17. The van der Waals surface area contributed by atoms with Gasteiger partial charge in [0.05, 0.1) is 11.6 Å². The molecule has 0 saturated heterocycles. The normalized spacial score (nSPS) is 22.9. The molecular formula is C16H19N5O3. The maximum atomic E-state index is 12.2. The Morgan fingerprint density at radius 3 is 2.96 bits per heavy atom. The summed E-state index contributed by atoms with van der Waals surface area (Å²) in [4.78, 5) is 32.7. The number of hydrogen-bond acceptors (Lipinski definition) is 5. The zero-order valence-corrected chi connectivity index (χ0v) is 13.5. The summed E-state index contributed by atoms with van der Waals surface area (Å²) in [6.45, 7) is -0.0497. The van der Waals surface area contributed by atoms with Crippen LogP contribution >= 0.6 is 0 Å². The number of rotatable bonds is 4. The predicted octanol–water partition coefficient (Wildman–Crippen LogP) is 1.33. The number of ether oxygens (including phenoxy) is 1. The molecule has 2 amide bonds. The number of methoxy groups -OCH3 is 1. The van der Waals surface area contributed by atoms with E-state index < -0.39 is 0 Å². The van der Waals surface area contributed by atoms with E-state index in [1.54, 1.807) is 0 Å². The van der Waals surface area contributed by atoms with Crippen LogP contribution in [-0.2, 0) is 14.3 Å². The lowest BCUT2D eigenvalue weighted by molar-refractivity contribution is -0.120. The van der Waals surface area contributed by atoms with Gasteiger partial charge in [0.1, 0.15) is 12.4 Å². The molecule has 1 unspecified atom stereocenters. The molecule has 3 aliphatic rings. The van der Waals surface area contributed by atoms with Gasteiger partial charge in [-0.2, -0.15) is 14.8 Å². The fourth-order valence-electron chi connectivity index (χ4n) is 3.18. The number of nitrogens with one attached hydrogen (secondary N) is 1. The number of fused-ring (bicyclic) bond motifs is 1. The van der Waals surface area contributed by atoms with Crippen molar-refractivity contribution in [3.63, 3.8) is 0 Å². The summed E-state index contributed by atoms with van der Waals surface area (Å²) in [5, 5.41) is 7.29. The minimum Gasteiger partial charge on any atom is -0.375 e. The molecule has 0 aromatic carbocycles. The highest BCUT2D eigenvalue weighted by atomic mass is 16.5. The molecule has 24 heavy (non-hydrogen) atoms. The Balaban J connectivity index is 1.68. The molecule has 2 saturated carbocycles. The average molecular weight is 329 g/mol. The van der Waals surface area contributed by atoms with Gasteiger partial charge in [0.2, 0.25) is 0 Å². The van der Waals surface area contributed by atoms with Crippen LogP contribution in [0.15, 0.2) is 16.1 Å². The molecule has 1 aliphatic heterocycles. The van der Waals surface area contributed by atoms with Gasteiger partial charge >= 0.3 is 0 Å². The lowest BCUT2D eigenvalue weighted by Gasteiger charge is -2.15. The van der Waals surface area contributed by atoms with Crippen LogP contribution in [0.2, 0.25) is 0 Å². The number of amides is 2. The number of carbonyl (C=O) groups excluding carboxylic acids is 2.